The van der Waals surface area contributed by atoms with Gasteiger partial charge in [0.1, 0.15) is 5.82 Å². The maximum atomic E-state index is 13.1. The van der Waals surface area contributed by atoms with Crippen molar-refractivity contribution in [3.8, 4) is 0 Å². The zero-order valence-electron chi connectivity index (χ0n) is 13.3. The average Bonchev–Trinajstić information content (AvgIpc) is 2.53. The molecule has 1 aliphatic rings. The van der Waals surface area contributed by atoms with Crippen LogP contribution in [0.1, 0.15) is 13.3 Å². The van der Waals surface area contributed by atoms with E-state index in [1.54, 1.807) is 12.1 Å². The van der Waals surface area contributed by atoms with Gasteiger partial charge in [-0.3, -0.25) is 9.69 Å². The molecule has 1 heterocycles. The number of nitrogens with zero attached hydrogens (tertiary/aromatic N) is 2. The van der Waals surface area contributed by atoms with Crippen molar-refractivity contribution in [3.63, 3.8) is 0 Å². The number of anilines is 1. The summed E-state index contributed by atoms with van der Waals surface area (Å²) in [7, 11) is 0. The van der Waals surface area contributed by atoms with Gasteiger partial charge in [0, 0.05) is 38.4 Å². The third-order valence-electron chi connectivity index (χ3n) is 3.66. The number of hydrogen-bond acceptors (Lipinski definition) is 3. The zero-order valence-corrected chi connectivity index (χ0v) is 14.2. The van der Waals surface area contributed by atoms with Crippen molar-refractivity contribution in [1.29, 1.82) is 0 Å². The number of amides is 1. The highest BCUT2D eigenvalue weighted by molar-refractivity contribution is 7.80. The molecule has 1 aliphatic heterocycles. The van der Waals surface area contributed by atoms with Gasteiger partial charge in [-0.15, -0.1) is 0 Å². The first-order chi connectivity index (χ1) is 11.1. The molecule has 1 aromatic rings. The molecule has 0 radical (unpaired) electrons. The fraction of sp³-hybridized carbons (Fsp3) is 0.500. The topological polar surface area (TPSA) is 47.6 Å². The van der Waals surface area contributed by atoms with E-state index in [1.165, 1.54) is 12.1 Å². The first-order valence-corrected chi connectivity index (χ1v) is 8.30. The molecular weight excluding hydrogens is 315 g/mol. The number of carbonyl (C=O) groups excluding carboxylic acids is 1. The summed E-state index contributed by atoms with van der Waals surface area (Å²) in [5.74, 6) is -0.486. The third-order valence-corrected chi connectivity index (χ3v) is 4.06. The summed E-state index contributed by atoms with van der Waals surface area (Å²) in [5.41, 5.74) is 0.485. The maximum Gasteiger partial charge on any atom is 0.238 e. The van der Waals surface area contributed by atoms with E-state index in [4.69, 9.17) is 12.2 Å². The van der Waals surface area contributed by atoms with E-state index in [9.17, 15) is 9.18 Å². The highest BCUT2D eigenvalue weighted by Gasteiger charge is 2.20. The van der Waals surface area contributed by atoms with Crippen LogP contribution in [0.3, 0.4) is 0 Å². The van der Waals surface area contributed by atoms with Gasteiger partial charge in [-0.1, -0.05) is 13.0 Å². The van der Waals surface area contributed by atoms with Crippen LogP contribution < -0.4 is 10.6 Å². The smallest absolute Gasteiger partial charge is 0.238 e. The molecule has 2 N–H and O–H groups in total. The molecule has 1 saturated heterocycles. The standard InChI is InChI=1S/C16H23FN4OS/c1-2-6-18-16(23)21-9-7-20(8-10-21)12-15(22)19-14-5-3-4-13(17)11-14/h3-5,11H,2,6-10,12H2,1H3,(H,18,23)(H,19,22). The predicted octanol–water partition coefficient (Wildman–Crippen LogP) is 1.67. The van der Waals surface area contributed by atoms with Crippen molar-refractivity contribution >= 4 is 28.9 Å². The molecule has 7 heteroatoms. The van der Waals surface area contributed by atoms with Gasteiger partial charge < -0.3 is 15.5 Å². The summed E-state index contributed by atoms with van der Waals surface area (Å²) in [5, 5.41) is 6.73. The molecule has 0 spiro atoms. The maximum absolute atomic E-state index is 13.1. The number of rotatable bonds is 5. The van der Waals surface area contributed by atoms with E-state index in [0.29, 0.717) is 12.2 Å². The van der Waals surface area contributed by atoms with E-state index in [0.717, 1.165) is 44.3 Å². The van der Waals surface area contributed by atoms with Gasteiger partial charge in [0.25, 0.3) is 0 Å². The summed E-state index contributed by atoms with van der Waals surface area (Å²) in [6, 6.07) is 5.92. The van der Waals surface area contributed by atoms with Gasteiger partial charge in [-0.05, 0) is 36.8 Å². The zero-order chi connectivity index (χ0) is 16.7. The molecule has 2 rings (SSSR count). The van der Waals surface area contributed by atoms with Gasteiger partial charge in [-0.2, -0.15) is 0 Å². The van der Waals surface area contributed by atoms with Crippen LogP contribution in [-0.4, -0.2) is 60.1 Å². The van der Waals surface area contributed by atoms with Gasteiger partial charge in [-0.25, -0.2) is 4.39 Å². The molecule has 5 nitrogen and oxygen atoms in total. The van der Waals surface area contributed by atoms with E-state index < -0.39 is 0 Å². The van der Waals surface area contributed by atoms with E-state index in [1.807, 2.05) is 0 Å². The average molecular weight is 338 g/mol. The number of benzene rings is 1. The summed E-state index contributed by atoms with van der Waals surface area (Å²) >= 11 is 5.35. The molecule has 0 aromatic heterocycles. The molecule has 1 aromatic carbocycles. The Morgan fingerprint density at radius 2 is 2.04 bits per heavy atom. The summed E-state index contributed by atoms with van der Waals surface area (Å²) in [6.45, 7) is 6.47. The van der Waals surface area contributed by atoms with Crippen molar-refractivity contribution in [2.24, 2.45) is 0 Å². The number of nitrogens with one attached hydrogen (secondary N) is 2. The van der Waals surface area contributed by atoms with Crippen molar-refractivity contribution in [2.75, 3.05) is 44.6 Å². The second kappa shape index (κ2) is 8.79. The van der Waals surface area contributed by atoms with E-state index in [-0.39, 0.29) is 11.7 Å². The Kier molecular flexibility index (Phi) is 6.73. The third kappa shape index (κ3) is 5.76. The lowest BCUT2D eigenvalue weighted by Crippen LogP contribution is -2.53. The van der Waals surface area contributed by atoms with Gasteiger partial charge >= 0.3 is 0 Å². The number of thiocarbonyl (C=S) groups is 1. The molecule has 0 unspecified atom stereocenters. The van der Waals surface area contributed by atoms with Gasteiger partial charge in [0.15, 0.2) is 5.11 Å². The van der Waals surface area contributed by atoms with Crippen LogP contribution in [0, 0.1) is 5.82 Å². The lowest BCUT2D eigenvalue weighted by Gasteiger charge is -2.35. The molecule has 1 fully saturated rings. The molecule has 0 aliphatic carbocycles. The SMILES string of the molecule is CCCNC(=S)N1CCN(CC(=O)Nc2cccc(F)c2)CC1. The largest absolute Gasteiger partial charge is 0.363 e. The first-order valence-electron chi connectivity index (χ1n) is 7.89. The van der Waals surface area contributed by atoms with Crippen molar-refractivity contribution in [2.45, 2.75) is 13.3 Å². The highest BCUT2D eigenvalue weighted by atomic mass is 32.1. The van der Waals surface area contributed by atoms with Crippen LogP contribution in [0.5, 0.6) is 0 Å². The quantitative estimate of drug-likeness (QED) is 0.800. The van der Waals surface area contributed by atoms with Crippen molar-refractivity contribution in [1.82, 2.24) is 15.1 Å². The molecule has 1 amide bonds. The van der Waals surface area contributed by atoms with Crippen LogP contribution in [0.4, 0.5) is 10.1 Å². The lowest BCUT2D eigenvalue weighted by atomic mass is 10.3. The van der Waals surface area contributed by atoms with Crippen molar-refractivity contribution < 1.29 is 9.18 Å². The first kappa shape index (κ1) is 17.6. The second-order valence-corrected chi connectivity index (χ2v) is 5.94. The van der Waals surface area contributed by atoms with Gasteiger partial charge in [0.05, 0.1) is 6.54 Å². The minimum absolute atomic E-state index is 0.129. The minimum atomic E-state index is -0.357. The highest BCUT2D eigenvalue weighted by Crippen LogP contribution is 2.09. The van der Waals surface area contributed by atoms with E-state index >= 15 is 0 Å². The molecule has 126 valence electrons. The summed E-state index contributed by atoms with van der Waals surface area (Å²) in [4.78, 5) is 16.2. The molecule has 0 atom stereocenters. The Balaban J connectivity index is 1.73. The molecule has 0 bridgehead atoms. The monoisotopic (exact) mass is 338 g/mol. The fourth-order valence-corrected chi connectivity index (χ4v) is 2.71. The number of hydrogen-bond donors (Lipinski definition) is 2. The van der Waals surface area contributed by atoms with Crippen LogP contribution >= 0.6 is 12.2 Å². The van der Waals surface area contributed by atoms with Crippen molar-refractivity contribution in [3.05, 3.63) is 30.1 Å². The van der Waals surface area contributed by atoms with Crippen LogP contribution in [0.15, 0.2) is 24.3 Å². The Morgan fingerprint density at radius 3 is 2.70 bits per heavy atom. The number of piperazine rings is 1. The Morgan fingerprint density at radius 1 is 1.30 bits per heavy atom. The minimum Gasteiger partial charge on any atom is -0.363 e. The van der Waals surface area contributed by atoms with Gasteiger partial charge in [0.2, 0.25) is 5.91 Å². The normalized spacial score (nSPS) is 15.3. The molecule has 23 heavy (non-hydrogen) atoms. The number of carbonyl (C=O) groups is 1. The molecular formula is C16H23FN4OS. The van der Waals surface area contributed by atoms with Crippen LogP contribution in [-0.2, 0) is 4.79 Å². The summed E-state index contributed by atoms with van der Waals surface area (Å²) in [6.07, 6.45) is 1.04. The van der Waals surface area contributed by atoms with Crippen LogP contribution in [0.2, 0.25) is 0 Å². The predicted molar refractivity (Wildman–Crippen MR) is 93.9 cm³/mol. The summed E-state index contributed by atoms with van der Waals surface area (Å²) < 4.78 is 13.1. The molecule has 0 saturated carbocycles. The number of halogens is 1. The Labute approximate surface area is 141 Å². The Hall–Kier alpha value is -1.73. The Bertz CT molecular complexity index is 547. The fourth-order valence-electron chi connectivity index (χ4n) is 2.42. The van der Waals surface area contributed by atoms with E-state index in [2.05, 4.69) is 27.4 Å². The lowest BCUT2D eigenvalue weighted by molar-refractivity contribution is -0.117. The van der Waals surface area contributed by atoms with Crippen LogP contribution in [0.25, 0.3) is 0 Å². The second-order valence-electron chi connectivity index (χ2n) is 5.55.